The molecule has 1 unspecified atom stereocenters. The summed E-state index contributed by atoms with van der Waals surface area (Å²) in [4.78, 5) is 11.7. The summed E-state index contributed by atoms with van der Waals surface area (Å²) < 4.78 is 43.9. The fraction of sp³-hybridized carbons (Fsp3) is 0.562. The zero-order valence-corrected chi connectivity index (χ0v) is 13.8. The zero-order valence-electron chi connectivity index (χ0n) is 13.8. The molecule has 0 aliphatic heterocycles. The molecule has 1 atom stereocenters. The van der Waals surface area contributed by atoms with Gasteiger partial charge in [-0.05, 0) is 51.3 Å². The highest BCUT2D eigenvalue weighted by molar-refractivity contribution is 5.68. The third-order valence-electron chi connectivity index (χ3n) is 3.09. The summed E-state index contributed by atoms with van der Waals surface area (Å²) >= 11 is 0. The predicted octanol–water partition coefficient (Wildman–Crippen LogP) is 3.41. The lowest BCUT2D eigenvalue weighted by Gasteiger charge is -2.23. The van der Waals surface area contributed by atoms with Crippen LogP contribution in [0.1, 0.15) is 37.5 Å². The SMILES string of the molecule is Cc1ccc(CC(CN)NC(=O)OC(C)(C)C)cc1C(F)(F)F. The van der Waals surface area contributed by atoms with Crippen LogP contribution in [0.2, 0.25) is 0 Å². The molecule has 130 valence electrons. The Morgan fingerprint density at radius 1 is 1.30 bits per heavy atom. The van der Waals surface area contributed by atoms with Crippen molar-refractivity contribution in [3.8, 4) is 0 Å². The van der Waals surface area contributed by atoms with E-state index < -0.39 is 29.5 Å². The van der Waals surface area contributed by atoms with Crippen LogP contribution in [0.5, 0.6) is 0 Å². The number of ether oxygens (including phenoxy) is 1. The van der Waals surface area contributed by atoms with E-state index in [0.717, 1.165) is 6.07 Å². The molecule has 7 heteroatoms. The lowest BCUT2D eigenvalue weighted by molar-refractivity contribution is -0.138. The van der Waals surface area contributed by atoms with Crippen molar-refractivity contribution in [2.24, 2.45) is 5.73 Å². The maximum Gasteiger partial charge on any atom is 0.416 e. The molecular weight excluding hydrogens is 309 g/mol. The third kappa shape index (κ3) is 6.48. The van der Waals surface area contributed by atoms with Crippen LogP contribution in [-0.2, 0) is 17.3 Å². The number of halogens is 3. The first kappa shape index (κ1) is 19.3. The molecule has 0 aliphatic rings. The van der Waals surface area contributed by atoms with Gasteiger partial charge in [-0.15, -0.1) is 0 Å². The van der Waals surface area contributed by atoms with Crippen LogP contribution in [0, 0.1) is 6.92 Å². The van der Waals surface area contributed by atoms with Crippen LogP contribution in [0.3, 0.4) is 0 Å². The van der Waals surface area contributed by atoms with Crippen LogP contribution in [0.25, 0.3) is 0 Å². The second-order valence-corrected chi connectivity index (χ2v) is 6.43. The maximum atomic E-state index is 12.9. The molecule has 1 aromatic rings. The van der Waals surface area contributed by atoms with Gasteiger partial charge in [0.05, 0.1) is 5.56 Å². The summed E-state index contributed by atoms with van der Waals surface area (Å²) in [6.45, 7) is 6.67. The lowest BCUT2D eigenvalue weighted by atomic mass is 10.00. The Bertz CT molecular complexity index is 551. The highest BCUT2D eigenvalue weighted by atomic mass is 19.4. The summed E-state index contributed by atoms with van der Waals surface area (Å²) in [5, 5.41) is 2.58. The standard InChI is InChI=1S/C16H23F3N2O2/c1-10-5-6-11(8-13(10)16(17,18)19)7-12(9-20)21-14(22)23-15(2,3)4/h5-6,8,12H,7,9,20H2,1-4H3,(H,21,22). The molecule has 0 spiro atoms. The van der Waals surface area contributed by atoms with Crippen molar-refractivity contribution >= 4 is 6.09 Å². The Morgan fingerprint density at radius 3 is 2.39 bits per heavy atom. The van der Waals surface area contributed by atoms with Gasteiger partial charge < -0.3 is 15.8 Å². The first-order chi connectivity index (χ1) is 10.4. The van der Waals surface area contributed by atoms with Gasteiger partial charge >= 0.3 is 12.3 Å². The highest BCUT2D eigenvalue weighted by Crippen LogP contribution is 2.32. The van der Waals surface area contributed by atoms with Crippen LogP contribution in [0.15, 0.2) is 18.2 Å². The number of alkyl carbamates (subject to hydrolysis) is 1. The number of hydrogen-bond acceptors (Lipinski definition) is 3. The largest absolute Gasteiger partial charge is 0.444 e. The number of carbonyl (C=O) groups is 1. The molecule has 23 heavy (non-hydrogen) atoms. The molecule has 0 saturated heterocycles. The van der Waals surface area contributed by atoms with Gasteiger partial charge in [0.2, 0.25) is 0 Å². The van der Waals surface area contributed by atoms with Crippen molar-refractivity contribution in [3.05, 3.63) is 34.9 Å². The second kappa shape index (κ2) is 7.21. The molecular formula is C16H23F3N2O2. The van der Waals surface area contributed by atoms with Crippen molar-refractivity contribution in [3.63, 3.8) is 0 Å². The number of hydrogen-bond donors (Lipinski definition) is 2. The molecule has 0 heterocycles. The first-order valence-corrected chi connectivity index (χ1v) is 7.28. The molecule has 3 N–H and O–H groups in total. The van der Waals surface area contributed by atoms with E-state index in [1.807, 2.05) is 0 Å². The van der Waals surface area contributed by atoms with E-state index in [-0.39, 0.29) is 18.5 Å². The minimum absolute atomic E-state index is 0.0917. The lowest BCUT2D eigenvalue weighted by Crippen LogP contribution is -2.44. The van der Waals surface area contributed by atoms with Crippen LogP contribution >= 0.6 is 0 Å². The van der Waals surface area contributed by atoms with Crippen LogP contribution in [-0.4, -0.2) is 24.3 Å². The fourth-order valence-corrected chi connectivity index (χ4v) is 2.05. The second-order valence-electron chi connectivity index (χ2n) is 6.43. The van der Waals surface area contributed by atoms with Gasteiger partial charge in [0, 0.05) is 12.6 Å². The maximum absolute atomic E-state index is 12.9. The Kier molecular flexibility index (Phi) is 6.04. The first-order valence-electron chi connectivity index (χ1n) is 7.28. The number of benzene rings is 1. The number of nitrogens with one attached hydrogen (secondary N) is 1. The van der Waals surface area contributed by atoms with Gasteiger partial charge in [0.15, 0.2) is 0 Å². The summed E-state index contributed by atoms with van der Waals surface area (Å²) in [6, 6.07) is 3.60. The molecule has 1 rings (SSSR count). The van der Waals surface area contributed by atoms with Gasteiger partial charge in [0.25, 0.3) is 0 Å². The summed E-state index contributed by atoms with van der Waals surface area (Å²) in [5.74, 6) is 0. The number of amides is 1. The number of carbonyl (C=O) groups excluding carboxylic acids is 1. The molecule has 0 fully saturated rings. The monoisotopic (exact) mass is 332 g/mol. The van der Waals surface area contributed by atoms with E-state index in [2.05, 4.69) is 5.32 Å². The summed E-state index contributed by atoms with van der Waals surface area (Å²) in [6.07, 6.45) is -4.85. The van der Waals surface area contributed by atoms with Crippen molar-refractivity contribution in [1.82, 2.24) is 5.32 Å². The van der Waals surface area contributed by atoms with Crippen LogP contribution < -0.4 is 11.1 Å². The van der Waals surface area contributed by atoms with E-state index >= 15 is 0 Å². The predicted molar refractivity (Wildman–Crippen MR) is 82.1 cm³/mol. The van der Waals surface area contributed by atoms with Crippen molar-refractivity contribution in [2.75, 3.05) is 6.54 Å². The van der Waals surface area contributed by atoms with Gasteiger partial charge in [-0.25, -0.2) is 4.79 Å². The smallest absolute Gasteiger partial charge is 0.416 e. The minimum Gasteiger partial charge on any atom is -0.444 e. The average Bonchev–Trinajstić information content (AvgIpc) is 2.36. The van der Waals surface area contributed by atoms with Gasteiger partial charge in [-0.2, -0.15) is 13.2 Å². The van der Waals surface area contributed by atoms with E-state index in [1.165, 1.54) is 13.0 Å². The van der Waals surface area contributed by atoms with Gasteiger partial charge in [-0.1, -0.05) is 12.1 Å². The van der Waals surface area contributed by atoms with Crippen molar-refractivity contribution in [2.45, 2.75) is 51.9 Å². The minimum atomic E-state index is -4.41. The third-order valence-corrected chi connectivity index (χ3v) is 3.09. The molecule has 0 aliphatic carbocycles. The van der Waals surface area contributed by atoms with Crippen molar-refractivity contribution < 1.29 is 22.7 Å². The Balaban J connectivity index is 2.82. The Labute approximate surface area is 134 Å². The normalized spacial score (nSPS) is 13.6. The Morgan fingerprint density at radius 2 is 1.91 bits per heavy atom. The van der Waals surface area contributed by atoms with Gasteiger partial charge in [-0.3, -0.25) is 0 Å². The van der Waals surface area contributed by atoms with E-state index in [9.17, 15) is 18.0 Å². The highest BCUT2D eigenvalue weighted by Gasteiger charge is 2.32. The molecule has 0 aromatic heterocycles. The number of rotatable bonds is 4. The van der Waals surface area contributed by atoms with Gasteiger partial charge in [0.1, 0.15) is 5.60 Å². The van der Waals surface area contributed by atoms with E-state index in [0.29, 0.717) is 5.56 Å². The van der Waals surface area contributed by atoms with Crippen LogP contribution in [0.4, 0.5) is 18.0 Å². The molecule has 1 aromatic carbocycles. The molecule has 0 radical (unpaired) electrons. The molecule has 0 bridgehead atoms. The van der Waals surface area contributed by atoms with E-state index in [4.69, 9.17) is 10.5 Å². The quantitative estimate of drug-likeness (QED) is 0.888. The summed E-state index contributed by atoms with van der Waals surface area (Å²) in [7, 11) is 0. The molecule has 0 saturated carbocycles. The average molecular weight is 332 g/mol. The molecule has 4 nitrogen and oxygen atoms in total. The van der Waals surface area contributed by atoms with Crippen molar-refractivity contribution in [1.29, 1.82) is 0 Å². The van der Waals surface area contributed by atoms with E-state index in [1.54, 1.807) is 26.8 Å². The fourth-order valence-electron chi connectivity index (χ4n) is 2.05. The number of alkyl halides is 3. The molecule has 1 amide bonds. The topological polar surface area (TPSA) is 64.3 Å². The zero-order chi connectivity index (χ0) is 17.8. The number of aryl methyl sites for hydroxylation is 1. The summed E-state index contributed by atoms with van der Waals surface area (Å²) in [5.41, 5.74) is 4.87. The number of nitrogens with two attached hydrogens (primary N) is 1. The Hall–Kier alpha value is -1.76.